The molecule has 0 aromatic heterocycles. The normalized spacial score (nSPS) is 26.5. The summed E-state index contributed by atoms with van der Waals surface area (Å²) >= 11 is 0. The number of hydrogen-bond donors (Lipinski definition) is 2. The summed E-state index contributed by atoms with van der Waals surface area (Å²) in [4.78, 5) is 0. The molecule has 4 aromatic rings. The molecule has 0 spiro atoms. The summed E-state index contributed by atoms with van der Waals surface area (Å²) in [5.74, 6) is 5.13. The fourth-order valence-electron chi connectivity index (χ4n) is 6.47. The van der Waals surface area contributed by atoms with Gasteiger partial charge in [0, 0.05) is 46.5 Å². The lowest BCUT2D eigenvalue weighted by atomic mass is 9.84. The van der Waals surface area contributed by atoms with Crippen molar-refractivity contribution >= 4 is 0 Å². The van der Waals surface area contributed by atoms with Gasteiger partial charge in [-0.05, 0) is 42.5 Å². The highest BCUT2D eigenvalue weighted by Gasteiger charge is 2.54. The molecule has 2 N–H and O–H groups in total. The summed E-state index contributed by atoms with van der Waals surface area (Å²) in [6, 6.07) is 19.7. The van der Waals surface area contributed by atoms with Gasteiger partial charge in [0.2, 0.25) is 6.79 Å². The van der Waals surface area contributed by atoms with Gasteiger partial charge >= 0.3 is 0 Å². The van der Waals surface area contributed by atoms with E-state index in [1.54, 1.807) is 55.6 Å². The van der Waals surface area contributed by atoms with E-state index in [4.69, 9.17) is 37.9 Å². The zero-order valence-corrected chi connectivity index (χ0v) is 22.3. The fraction of sp³-hybridized carbons (Fsp3) is 0.250. The van der Waals surface area contributed by atoms with Crippen molar-refractivity contribution in [3.63, 3.8) is 0 Å². The second kappa shape index (κ2) is 8.15. The van der Waals surface area contributed by atoms with Crippen LogP contribution in [0.4, 0.5) is 0 Å². The zero-order valence-electron chi connectivity index (χ0n) is 22.3. The van der Waals surface area contributed by atoms with Crippen LogP contribution in [0.25, 0.3) is 0 Å². The van der Waals surface area contributed by atoms with Gasteiger partial charge in [-0.15, -0.1) is 0 Å². The molecule has 10 heteroatoms. The molecule has 0 radical (unpaired) electrons. The largest absolute Gasteiger partial charge is 0.497 e. The van der Waals surface area contributed by atoms with Crippen molar-refractivity contribution in [3.05, 3.63) is 89.0 Å². The van der Waals surface area contributed by atoms with Crippen LogP contribution in [0.1, 0.15) is 34.5 Å². The van der Waals surface area contributed by atoms with Crippen LogP contribution in [0.15, 0.2) is 66.7 Å². The molecule has 0 aliphatic carbocycles. The Morgan fingerprint density at radius 2 is 1.14 bits per heavy atom. The van der Waals surface area contributed by atoms with E-state index in [1.807, 2.05) is 18.2 Å². The van der Waals surface area contributed by atoms with Gasteiger partial charge < -0.3 is 48.1 Å². The lowest BCUT2D eigenvalue weighted by Crippen LogP contribution is -2.41. The van der Waals surface area contributed by atoms with E-state index in [0.29, 0.717) is 68.4 Å². The predicted molar refractivity (Wildman–Crippen MR) is 144 cm³/mol. The van der Waals surface area contributed by atoms with Crippen molar-refractivity contribution in [1.82, 2.24) is 0 Å². The fourth-order valence-corrected chi connectivity index (χ4v) is 6.47. The maximum atomic E-state index is 11.6. The maximum Gasteiger partial charge on any atom is 0.231 e. The average molecular weight is 569 g/mol. The van der Waals surface area contributed by atoms with E-state index in [1.165, 1.54) is 0 Å². The van der Waals surface area contributed by atoms with E-state index in [-0.39, 0.29) is 20.0 Å². The van der Waals surface area contributed by atoms with Crippen molar-refractivity contribution < 1.29 is 48.1 Å². The molecule has 5 aliphatic heterocycles. The van der Waals surface area contributed by atoms with Crippen molar-refractivity contribution in [3.8, 4) is 51.7 Å². The molecule has 0 saturated heterocycles. The van der Waals surface area contributed by atoms with Crippen LogP contribution in [0.2, 0.25) is 0 Å². The third-order valence-corrected chi connectivity index (χ3v) is 8.62. The highest BCUT2D eigenvalue weighted by atomic mass is 16.7. The topological polar surface area (TPSA) is 114 Å². The van der Waals surface area contributed by atoms with Crippen molar-refractivity contribution in [1.29, 1.82) is 0 Å². The van der Waals surface area contributed by atoms with Crippen LogP contribution < -0.4 is 37.9 Å². The van der Waals surface area contributed by atoms with Crippen LogP contribution in [0, 0.1) is 0 Å². The second-order valence-electron chi connectivity index (χ2n) is 11.0. The van der Waals surface area contributed by atoms with Gasteiger partial charge in [-0.2, -0.15) is 0 Å². The van der Waals surface area contributed by atoms with Gasteiger partial charge in [0.1, 0.15) is 53.5 Å². The van der Waals surface area contributed by atoms with Gasteiger partial charge in [0.25, 0.3) is 0 Å². The quantitative estimate of drug-likeness (QED) is 0.362. The standard InChI is InChI=1S/C32H24O10/c1-35-16-4-7-21-25(8-16)41-29-19-5-2-17(9-23(19)36-13-31(21,29)33)40-18-3-6-20-24(10-18)37-14-32(34)22-11-27-28(39-15-38-27)12-26(22)42-30(20)32/h2-12,29-30,33-34H,13-15H2,1H3/t29-,30-,31+,32+/m0/s1. The smallest absolute Gasteiger partial charge is 0.231 e. The van der Waals surface area contributed by atoms with Crippen LogP contribution in [0.3, 0.4) is 0 Å². The third-order valence-electron chi connectivity index (χ3n) is 8.62. The summed E-state index contributed by atoms with van der Waals surface area (Å²) in [7, 11) is 1.59. The monoisotopic (exact) mass is 568 g/mol. The predicted octanol–water partition coefficient (Wildman–Crippen LogP) is 4.64. The number of aliphatic hydroxyl groups is 2. The van der Waals surface area contributed by atoms with Gasteiger partial charge in [0.15, 0.2) is 34.9 Å². The molecular weight excluding hydrogens is 544 g/mol. The summed E-state index contributed by atoms with van der Waals surface area (Å²) in [5, 5.41) is 23.1. The van der Waals surface area contributed by atoms with Crippen molar-refractivity contribution in [2.24, 2.45) is 0 Å². The molecule has 0 unspecified atom stereocenters. The molecule has 0 bridgehead atoms. The number of hydrogen-bond acceptors (Lipinski definition) is 10. The van der Waals surface area contributed by atoms with Crippen LogP contribution in [-0.2, 0) is 11.2 Å². The Bertz CT molecular complexity index is 1800. The Morgan fingerprint density at radius 3 is 1.79 bits per heavy atom. The average Bonchev–Trinajstić information content (AvgIpc) is 3.67. The van der Waals surface area contributed by atoms with E-state index in [2.05, 4.69) is 0 Å². The Morgan fingerprint density at radius 1 is 0.595 bits per heavy atom. The van der Waals surface area contributed by atoms with Gasteiger partial charge in [0.05, 0.1) is 7.11 Å². The Hall–Kier alpha value is -4.80. The highest BCUT2D eigenvalue weighted by molar-refractivity contribution is 5.59. The Labute approximate surface area is 239 Å². The second-order valence-corrected chi connectivity index (χ2v) is 11.0. The van der Waals surface area contributed by atoms with Crippen molar-refractivity contribution in [2.75, 3.05) is 27.1 Å². The summed E-state index contributed by atoms with van der Waals surface area (Å²) in [6.07, 6.45) is -1.28. The molecule has 5 aliphatic rings. The lowest BCUT2D eigenvalue weighted by molar-refractivity contribution is -0.0865. The van der Waals surface area contributed by atoms with Crippen LogP contribution in [0.5, 0.6) is 51.7 Å². The first kappa shape index (κ1) is 23.9. The Balaban J connectivity index is 0.976. The molecule has 0 saturated carbocycles. The molecule has 9 rings (SSSR count). The number of benzene rings is 4. The zero-order chi connectivity index (χ0) is 28.2. The minimum atomic E-state index is -1.36. The number of methoxy groups -OCH3 is 1. The molecule has 0 fully saturated rings. The maximum absolute atomic E-state index is 11.6. The molecule has 0 amide bonds. The number of rotatable bonds is 3. The highest BCUT2D eigenvalue weighted by Crippen LogP contribution is 2.57. The SMILES string of the molecule is COc1ccc2c(c1)O[C@H]1c3ccc(Oc4ccc5c(c4)OC[C@@]4(O)c6cc7c(cc6O[C@@H]54)OCO7)cc3OC[C@@]21O. The van der Waals surface area contributed by atoms with Crippen LogP contribution >= 0.6 is 0 Å². The van der Waals surface area contributed by atoms with Gasteiger partial charge in [-0.3, -0.25) is 0 Å². The van der Waals surface area contributed by atoms with Crippen molar-refractivity contribution in [2.45, 2.75) is 23.4 Å². The minimum Gasteiger partial charge on any atom is -0.497 e. The summed E-state index contributed by atoms with van der Waals surface area (Å²) in [6.45, 7) is 0.180. The first-order valence-corrected chi connectivity index (χ1v) is 13.5. The molecular formula is C32H24O10. The van der Waals surface area contributed by atoms with E-state index < -0.39 is 23.4 Å². The summed E-state index contributed by atoms with van der Waals surface area (Å²) in [5.41, 5.74) is 0.0291. The van der Waals surface area contributed by atoms with E-state index in [9.17, 15) is 10.2 Å². The molecule has 42 heavy (non-hydrogen) atoms. The summed E-state index contributed by atoms with van der Waals surface area (Å²) < 4.78 is 46.9. The van der Waals surface area contributed by atoms with E-state index >= 15 is 0 Å². The molecule has 212 valence electrons. The molecule has 5 heterocycles. The third kappa shape index (κ3) is 3.16. The first-order chi connectivity index (χ1) is 20.4. The molecule has 4 atom stereocenters. The Kier molecular flexibility index (Phi) is 4.63. The van der Waals surface area contributed by atoms with Gasteiger partial charge in [-0.1, -0.05) is 0 Å². The molecule has 10 nitrogen and oxygen atoms in total. The number of fused-ring (bicyclic) bond motifs is 11. The van der Waals surface area contributed by atoms with E-state index in [0.717, 1.165) is 5.56 Å². The molecule has 4 aromatic carbocycles. The van der Waals surface area contributed by atoms with Gasteiger partial charge in [-0.25, -0.2) is 0 Å². The first-order valence-electron chi connectivity index (χ1n) is 13.5. The minimum absolute atomic E-state index is 0.00596. The van der Waals surface area contributed by atoms with Crippen LogP contribution in [-0.4, -0.2) is 37.3 Å². The lowest BCUT2D eigenvalue weighted by Gasteiger charge is -2.35. The number of ether oxygens (including phenoxy) is 8.